The molecule has 1 aliphatic heterocycles. The normalized spacial score (nSPS) is 17.7. The van der Waals surface area contributed by atoms with Crippen molar-refractivity contribution in [3.63, 3.8) is 0 Å². The second kappa shape index (κ2) is 8.08. The van der Waals surface area contributed by atoms with Crippen molar-refractivity contribution in [3.05, 3.63) is 64.4 Å². The first-order chi connectivity index (χ1) is 12.1. The predicted octanol–water partition coefficient (Wildman–Crippen LogP) is 2.89. The van der Waals surface area contributed by atoms with Gasteiger partial charge in [-0.05, 0) is 46.3 Å². The molecule has 5 nitrogen and oxygen atoms in total. The summed E-state index contributed by atoms with van der Waals surface area (Å²) >= 11 is 3.31. The van der Waals surface area contributed by atoms with E-state index in [1.807, 2.05) is 30.3 Å². The Kier molecular flexibility index (Phi) is 5.83. The number of amides is 1. The Morgan fingerprint density at radius 2 is 2.00 bits per heavy atom. The molecule has 1 aliphatic rings. The van der Waals surface area contributed by atoms with Crippen molar-refractivity contribution in [2.45, 2.75) is 18.4 Å². The molecule has 132 valence electrons. The number of pyridine rings is 1. The lowest BCUT2D eigenvalue weighted by molar-refractivity contribution is -0.0680. The Bertz CT molecular complexity index is 720. The number of ether oxygens (including phenoxy) is 1. The minimum atomic E-state index is -1.12. The molecule has 1 amide bonds. The molecule has 2 aromatic rings. The quantitative estimate of drug-likeness (QED) is 0.803. The number of carbonyl (C=O) groups is 1. The molecule has 2 heterocycles. The molecule has 1 fully saturated rings. The number of hydrogen-bond acceptors (Lipinski definition) is 4. The molecule has 25 heavy (non-hydrogen) atoms. The van der Waals surface area contributed by atoms with E-state index in [-0.39, 0.29) is 18.4 Å². The van der Waals surface area contributed by atoms with Crippen molar-refractivity contribution in [2.24, 2.45) is 5.92 Å². The molecule has 1 aromatic heterocycles. The van der Waals surface area contributed by atoms with Crippen molar-refractivity contribution < 1.29 is 14.6 Å². The molecule has 2 N–H and O–H groups in total. The largest absolute Gasteiger partial charge is 0.383 e. The molecular formula is C19H21BrN2O3. The number of nitrogens with one attached hydrogen (secondary N) is 1. The summed E-state index contributed by atoms with van der Waals surface area (Å²) in [7, 11) is 0. The van der Waals surface area contributed by atoms with Crippen LogP contribution in [-0.2, 0) is 10.3 Å². The Morgan fingerprint density at radius 1 is 1.28 bits per heavy atom. The topological polar surface area (TPSA) is 71.5 Å². The lowest BCUT2D eigenvalue weighted by Crippen LogP contribution is -2.47. The average Bonchev–Trinajstić information content (AvgIpc) is 2.67. The third-order valence-corrected chi connectivity index (χ3v) is 5.09. The number of benzene rings is 1. The smallest absolute Gasteiger partial charge is 0.252 e. The lowest BCUT2D eigenvalue weighted by Gasteiger charge is -2.39. The molecule has 0 unspecified atom stereocenters. The Labute approximate surface area is 155 Å². The molecule has 1 aromatic carbocycles. The highest BCUT2D eigenvalue weighted by Crippen LogP contribution is 2.35. The zero-order chi connectivity index (χ0) is 17.7. The maximum atomic E-state index is 12.4. The van der Waals surface area contributed by atoms with Crippen LogP contribution in [0.15, 0.2) is 53.3 Å². The zero-order valence-electron chi connectivity index (χ0n) is 13.8. The summed E-state index contributed by atoms with van der Waals surface area (Å²) in [6, 6.07) is 11.2. The molecular weight excluding hydrogens is 384 g/mol. The third kappa shape index (κ3) is 4.26. The van der Waals surface area contributed by atoms with Gasteiger partial charge >= 0.3 is 0 Å². The highest BCUT2D eigenvalue weighted by Gasteiger charge is 2.39. The van der Waals surface area contributed by atoms with E-state index in [0.717, 1.165) is 22.9 Å². The molecule has 1 atom stereocenters. The van der Waals surface area contributed by atoms with E-state index in [1.165, 1.54) is 6.20 Å². The number of nitrogens with zero attached hydrogens (tertiary/aromatic N) is 1. The molecule has 0 aliphatic carbocycles. The van der Waals surface area contributed by atoms with E-state index < -0.39 is 5.60 Å². The van der Waals surface area contributed by atoms with E-state index >= 15 is 0 Å². The fourth-order valence-electron chi connectivity index (χ4n) is 3.24. The number of rotatable bonds is 5. The predicted molar refractivity (Wildman–Crippen MR) is 98.2 cm³/mol. The summed E-state index contributed by atoms with van der Waals surface area (Å²) in [6.45, 7) is 1.40. The van der Waals surface area contributed by atoms with Crippen LogP contribution >= 0.6 is 15.9 Å². The summed E-state index contributed by atoms with van der Waals surface area (Å²) in [5.74, 6) is -0.222. The number of hydrogen-bond donors (Lipinski definition) is 2. The first-order valence-corrected chi connectivity index (χ1v) is 9.13. The van der Waals surface area contributed by atoms with Crippen LogP contribution in [0, 0.1) is 5.92 Å². The maximum Gasteiger partial charge on any atom is 0.252 e. The van der Waals surface area contributed by atoms with Gasteiger partial charge in [0.2, 0.25) is 0 Å². The average molecular weight is 405 g/mol. The molecule has 6 heteroatoms. The highest BCUT2D eigenvalue weighted by molar-refractivity contribution is 9.10. The van der Waals surface area contributed by atoms with Crippen molar-refractivity contribution in [2.75, 3.05) is 19.8 Å². The fourth-order valence-corrected chi connectivity index (χ4v) is 3.60. The molecule has 0 spiro atoms. The third-order valence-electron chi connectivity index (χ3n) is 4.66. The number of halogens is 1. The van der Waals surface area contributed by atoms with Crippen molar-refractivity contribution in [1.82, 2.24) is 10.3 Å². The zero-order valence-corrected chi connectivity index (χ0v) is 15.4. The van der Waals surface area contributed by atoms with Gasteiger partial charge in [0, 0.05) is 30.1 Å². The van der Waals surface area contributed by atoms with E-state index in [0.29, 0.717) is 18.8 Å². The van der Waals surface area contributed by atoms with E-state index in [1.54, 1.807) is 12.3 Å². The van der Waals surface area contributed by atoms with Gasteiger partial charge in [0.1, 0.15) is 5.60 Å². The van der Waals surface area contributed by atoms with Crippen LogP contribution in [0.3, 0.4) is 0 Å². The van der Waals surface area contributed by atoms with Gasteiger partial charge < -0.3 is 15.2 Å². The van der Waals surface area contributed by atoms with Gasteiger partial charge in [0.05, 0.1) is 12.1 Å². The van der Waals surface area contributed by atoms with Gasteiger partial charge in [0.15, 0.2) is 0 Å². The second-order valence-corrected chi connectivity index (χ2v) is 7.17. The Balaban J connectivity index is 1.79. The van der Waals surface area contributed by atoms with Gasteiger partial charge in [0.25, 0.3) is 5.91 Å². The molecule has 0 radical (unpaired) electrons. The summed E-state index contributed by atoms with van der Waals surface area (Å²) in [4.78, 5) is 16.5. The SMILES string of the molecule is O=C(NC[C@](O)(c1ccccc1)C1CCOCC1)c1cncc(Br)c1. The van der Waals surface area contributed by atoms with E-state index in [2.05, 4.69) is 26.2 Å². The standard InChI is InChI=1S/C19H21BrN2O3/c20-17-10-14(11-21-12-17)18(23)22-13-19(24,15-4-2-1-3-5-15)16-6-8-25-9-7-16/h1-5,10-12,16,24H,6-9,13H2,(H,22,23)/t19-/m0/s1. The number of carbonyl (C=O) groups excluding carboxylic acids is 1. The molecule has 0 saturated carbocycles. The van der Waals surface area contributed by atoms with Crippen LogP contribution in [-0.4, -0.2) is 35.8 Å². The Morgan fingerprint density at radius 3 is 2.68 bits per heavy atom. The first kappa shape index (κ1) is 18.0. The van der Waals surface area contributed by atoms with Gasteiger partial charge in [-0.1, -0.05) is 30.3 Å². The fraction of sp³-hybridized carbons (Fsp3) is 0.368. The van der Waals surface area contributed by atoms with Gasteiger partial charge in [-0.25, -0.2) is 0 Å². The van der Waals surface area contributed by atoms with Gasteiger partial charge in [-0.2, -0.15) is 0 Å². The summed E-state index contributed by atoms with van der Waals surface area (Å²) in [6.07, 6.45) is 4.66. The second-order valence-electron chi connectivity index (χ2n) is 6.25. The summed E-state index contributed by atoms with van der Waals surface area (Å²) in [5.41, 5.74) is 0.145. The van der Waals surface area contributed by atoms with Crippen molar-refractivity contribution in [3.8, 4) is 0 Å². The monoisotopic (exact) mass is 404 g/mol. The maximum absolute atomic E-state index is 12.4. The minimum absolute atomic E-state index is 0.0320. The molecule has 3 rings (SSSR count). The van der Waals surface area contributed by atoms with Gasteiger partial charge in [-0.15, -0.1) is 0 Å². The van der Waals surface area contributed by atoms with Gasteiger partial charge in [-0.3, -0.25) is 9.78 Å². The minimum Gasteiger partial charge on any atom is -0.383 e. The first-order valence-electron chi connectivity index (χ1n) is 8.34. The van der Waals surface area contributed by atoms with E-state index in [9.17, 15) is 9.90 Å². The number of aliphatic hydroxyl groups is 1. The molecule has 0 bridgehead atoms. The highest BCUT2D eigenvalue weighted by atomic mass is 79.9. The van der Waals surface area contributed by atoms with Crippen LogP contribution < -0.4 is 5.32 Å². The van der Waals surface area contributed by atoms with Crippen LogP contribution in [0.25, 0.3) is 0 Å². The van der Waals surface area contributed by atoms with Crippen LogP contribution in [0.1, 0.15) is 28.8 Å². The van der Waals surface area contributed by atoms with E-state index in [4.69, 9.17) is 4.74 Å². The summed E-state index contributed by atoms with van der Waals surface area (Å²) in [5, 5.41) is 14.3. The molecule has 1 saturated heterocycles. The summed E-state index contributed by atoms with van der Waals surface area (Å²) < 4.78 is 6.17. The Hall–Kier alpha value is -1.76. The van der Waals surface area contributed by atoms with Crippen LogP contribution in [0.5, 0.6) is 0 Å². The lowest BCUT2D eigenvalue weighted by atomic mass is 9.77. The number of aromatic nitrogens is 1. The van der Waals surface area contributed by atoms with Crippen LogP contribution in [0.2, 0.25) is 0 Å². The van der Waals surface area contributed by atoms with Crippen molar-refractivity contribution in [1.29, 1.82) is 0 Å². The van der Waals surface area contributed by atoms with Crippen LogP contribution in [0.4, 0.5) is 0 Å². The van der Waals surface area contributed by atoms with Crippen molar-refractivity contribution >= 4 is 21.8 Å².